The summed E-state index contributed by atoms with van der Waals surface area (Å²) in [6.45, 7) is 2.94. The normalized spacial score (nSPS) is 10.5. The van der Waals surface area contributed by atoms with Gasteiger partial charge in [-0.15, -0.1) is 0 Å². The van der Waals surface area contributed by atoms with Crippen molar-refractivity contribution >= 4 is 5.95 Å². The molecular weight excluding hydrogens is 258 g/mol. The zero-order valence-corrected chi connectivity index (χ0v) is 12.2. The molecule has 3 nitrogen and oxygen atoms in total. The lowest BCUT2D eigenvalue weighted by atomic mass is 10.0. The number of aromatic nitrogens is 2. The molecule has 0 amide bonds. The quantitative estimate of drug-likeness (QED) is 0.766. The van der Waals surface area contributed by atoms with Crippen LogP contribution in [-0.2, 0) is 6.42 Å². The molecule has 1 aromatic heterocycles. The van der Waals surface area contributed by atoms with Gasteiger partial charge in [0.2, 0.25) is 5.95 Å². The smallest absolute Gasteiger partial charge is 0.207 e. The van der Waals surface area contributed by atoms with Crippen LogP contribution in [-0.4, -0.2) is 16.1 Å². The molecule has 0 unspecified atom stereocenters. The second-order valence-electron chi connectivity index (χ2n) is 4.94. The third-order valence-electron chi connectivity index (χ3n) is 3.46. The minimum atomic E-state index is 0.859. The fraction of sp³-hybridized carbons (Fsp3) is 0.167. The van der Waals surface area contributed by atoms with Gasteiger partial charge in [0.15, 0.2) is 0 Å². The molecule has 1 heterocycles. The van der Waals surface area contributed by atoms with E-state index in [1.54, 1.807) is 0 Å². The van der Waals surface area contributed by atoms with E-state index in [9.17, 15) is 0 Å². The second-order valence-corrected chi connectivity index (χ2v) is 4.94. The molecule has 0 spiro atoms. The topological polar surface area (TPSA) is 29.9 Å². The molecule has 1 N–H and O–H groups in total. The largest absolute Gasteiger partial charge is 0.356 e. The Kier molecular flexibility index (Phi) is 4.01. The molecule has 106 valence electrons. The number of nitrogens with one attached hydrogen (secondary N) is 1. The average Bonchev–Trinajstić information content (AvgIpc) is 2.97. The Hall–Kier alpha value is -2.55. The van der Waals surface area contributed by atoms with Crippen LogP contribution in [0, 0.1) is 0 Å². The molecule has 0 saturated heterocycles. The molecule has 21 heavy (non-hydrogen) atoms. The summed E-state index contributed by atoms with van der Waals surface area (Å²) in [7, 11) is 0. The molecule has 3 aromatic rings. The SMILES string of the molecule is CCNc1nccn1-c1ccccc1Cc1ccccc1. The van der Waals surface area contributed by atoms with Gasteiger partial charge in [-0.3, -0.25) is 4.57 Å². The minimum absolute atomic E-state index is 0.859. The number of benzene rings is 2. The summed E-state index contributed by atoms with van der Waals surface area (Å²) in [5, 5.41) is 3.30. The maximum absolute atomic E-state index is 4.38. The highest BCUT2D eigenvalue weighted by atomic mass is 15.2. The van der Waals surface area contributed by atoms with Gasteiger partial charge in [-0.25, -0.2) is 4.98 Å². The van der Waals surface area contributed by atoms with Crippen LogP contribution in [0.4, 0.5) is 5.95 Å². The number of hydrogen-bond acceptors (Lipinski definition) is 2. The van der Waals surface area contributed by atoms with E-state index in [4.69, 9.17) is 0 Å². The van der Waals surface area contributed by atoms with Crippen molar-refractivity contribution in [2.24, 2.45) is 0 Å². The molecule has 3 rings (SSSR count). The van der Waals surface area contributed by atoms with Crippen molar-refractivity contribution in [3.63, 3.8) is 0 Å². The third-order valence-corrected chi connectivity index (χ3v) is 3.46. The molecule has 0 bridgehead atoms. The number of para-hydroxylation sites is 1. The highest BCUT2D eigenvalue weighted by Crippen LogP contribution is 2.21. The van der Waals surface area contributed by atoms with Crippen molar-refractivity contribution < 1.29 is 0 Å². The predicted molar refractivity (Wildman–Crippen MR) is 87.0 cm³/mol. The number of imidazole rings is 1. The molecule has 0 fully saturated rings. The summed E-state index contributed by atoms with van der Waals surface area (Å²) in [6, 6.07) is 19.0. The van der Waals surface area contributed by atoms with Crippen molar-refractivity contribution in [2.75, 3.05) is 11.9 Å². The standard InChI is InChI=1S/C18H19N3/c1-2-19-18-20-12-13-21(18)17-11-7-6-10-16(17)14-15-8-4-3-5-9-15/h3-13H,2,14H2,1H3,(H,19,20). The zero-order valence-electron chi connectivity index (χ0n) is 12.2. The van der Waals surface area contributed by atoms with Crippen molar-refractivity contribution in [3.8, 4) is 5.69 Å². The predicted octanol–water partition coefficient (Wildman–Crippen LogP) is 3.89. The van der Waals surface area contributed by atoms with Gasteiger partial charge in [-0.1, -0.05) is 48.5 Å². The van der Waals surface area contributed by atoms with E-state index in [0.29, 0.717) is 0 Å². The van der Waals surface area contributed by atoms with Crippen molar-refractivity contribution in [2.45, 2.75) is 13.3 Å². The summed E-state index contributed by atoms with van der Waals surface area (Å²) in [5.74, 6) is 0.887. The Morgan fingerprint density at radius 1 is 1.00 bits per heavy atom. The first kappa shape index (κ1) is 13.4. The molecule has 0 aliphatic rings. The Bertz CT molecular complexity index is 701. The van der Waals surface area contributed by atoms with E-state index in [1.807, 2.05) is 12.4 Å². The van der Waals surface area contributed by atoms with Crippen LogP contribution in [0.3, 0.4) is 0 Å². The second kappa shape index (κ2) is 6.27. The van der Waals surface area contributed by atoms with Gasteiger partial charge in [0.05, 0.1) is 5.69 Å². The highest BCUT2D eigenvalue weighted by Gasteiger charge is 2.08. The number of nitrogens with zero attached hydrogens (tertiary/aromatic N) is 2. The van der Waals surface area contributed by atoms with E-state index in [2.05, 4.69) is 76.4 Å². The Morgan fingerprint density at radius 3 is 2.57 bits per heavy atom. The van der Waals surface area contributed by atoms with Crippen LogP contribution >= 0.6 is 0 Å². The van der Waals surface area contributed by atoms with E-state index < -0.39 is 0 Å². The third kappa shape index (κ3) is 2.97. The van der Waals surface area contributed by atoms with Gasteiger partial charge in [0.1, 0.15) is 0 Å². The van der Waals surface area contributed by atoms with E-state index in [-0.39, 0.29) is 0 Å². The molecule has 0 saturated carbocycles. The average molecular weight is 277 g/mol. The van der Waals surface area contributed by atoms with Gasteiger partial charge >= 0.3 is 0 Å². The Morgan fingerprint density at radius 2 is 1.76 bits per heavy atom. The van der Waals surface area contributed by atoms with Crippen LogP contribution in [0.15, 0.2) is 67.0 Å². The van der Waals surface area contributed by atoms with Crippen LogP contribution in [0.5, 0.6) is 0 Å². The molecule has 0 aliphatic carbocycles. The van der Waals surface area contributed by atoms with E-state index in [1.165, 1.54) is 16.8 Å². The Labute approximate surface area is 125 Å². The molecule has 3 heteroatoms. The molecular formula is C18H19N3. The van der Waals surface area contributed by atoms with Crippen LogP contribution in [0.25, 0.3) is 5.69 Å². The Balaban J connectivity index is 1.98. The number of anilines is 1. The first-order valence-corrected chi connectivity index (χ1v) is 7.28. The van der Waals surface area contributed by atoms with Crippen LogP contribution in [0.2, 0.25) is 0 Å². The van der Waals surface area contributed by atoms with Gasteiger partial charge in [-0.05, 0) is 30.5 Å². The lowest BCUT2D eigenvalue weighted by Gasteiger charge is -2.13. The molecule has 0 aliphatic heterocycles. The van der Waals surface area contributed by atoms with Gasteiger partial charge in [0, 0.05) is 18.9 Å². The van der Waals surface area contributed by atoms with Gasteiger partial charge in [-0.2, -0.15) is 0 Å². The molecule has 0 atom stereocenters. The van der Waals surface area contributed by atoms with Crippen molar-refractivity contribution in [1.82, 2.24) is 9.55 Å². The van der Waals surface area contributed by atoms with Crippen LogP contribution in [0.1, 0.15) is 18.1 Å². The molecule has 0 radical (unpaired) electrons. The van der Waals surface area contributed by atoms with E-state index in [0.717, 1.165) is 18.9 Å². The number of hydrogen-bond donors (Lipinski definition) is 1. The maximum atomic E-state index is 4.38. The van der Waals surface area contributed by atoms with Crippen molar-refractivity contribution in [1.29, 1.82) is 0 Å². The van der Waals surface area contributed by atoms with Gasteiger partial charge < -0.3 is 5.32 Å². The monoisotopic (exact) mass is 277 g/mol. The lowest BCUT2D eigenvalue weighted by molar-refractivity contribution is 0.996. The van der Waals surface area contributed by atoms with Crippen LogP contribution < -0.4 is 5.32 Å². The lowest BCUT2D eigenvalue weighted by Crippen LogP contribution is -2.07. The summed E-state index contributed by atoms with van der Waals surface area (Å²) in [5.41, 5.74) is 3.78. The van der Waals surface area contributed by atoms with E-state index >= 15 is 0 Å². The summed E-state index contributed by atoms with van der Waals surface area (Å²) in [4.78, 5) is 4.38. The number of rotatable bonds is 5. The molecule has 2 aromatic carbocycles. The minimum Gasteiger partial charge on any atom is -0.356 e. The maximum Gasteiger partial charge on any atom is 0.207 e. The zero-order chi connectivity index (χ0) is 14.5. The fourth-order valence-electron chi connectivity index (χ4n) is 2.50. The highest BCUT2D eigenvalue weighted by molar-refractivity contribution is 5.48. The fourth-order valence-corrected chi connectivity index (χ4v) is 2.50. The first-order valence-electron chi connectivity index (χ1n) is 7.28. The summed E-state index contributed by atoms with van der Waals surface area (Å²) >= 11 is 0. The van der Waals surface area contributed by atoms with Crippen molar-refractivity contribution in [3.05, 3.63) is 78.1 Å². The van der Waals surface area contributed by atoms with Gasteiger partial charge in [0.25, 0.3) is 0 Å². The first-order chi connectivity index (χ1) is 10.4. The summed E-state index contributed by atoms with van der Waals surface area (Å²) < 4.78 is 2.11. The summed E-state index contributed by atoms with van der Waals surface area (Å²) in [6.07, 6.45) is 4.75.